The maximum absolute atomic E-state index is 12.5. The second-order valence-corrected chi connectivity index (χ2v) is 8.71. The molecule has 0 saturated heterocycles. The molecule has 0 aliphatic rings. The number of carbonyl (C=O) groups excluding carboxylic acids is 1. The van der Waals surface area contributed by atoms with E-state index in [0.29, 0.717) is 36.1 Å². The predicted octanol–water partition coefficient (Wildman–Crippen LogP) is 5.16. The summed E-state index contributed by atoms with van der Waals surface area (Å²) in [5, 5.41) is 17.6. The van der Waals surface area contributed by atoms with E-state index < -0.39 is 5.97 Å². The molecule has 2 aromatic carbocycles. The van der Waals surface area contributed by atoms with E-state index in [2.05, 4.69) is 9.97 Å². The normalized spacial score (nSPS) is 10.8. The molecule has 1 heterocycles. The fourth-order valence-electron chi connectivity index (χ4n) is 3.52. The summed E-state index contributed by atoms with van der Waals surface area (Å²) >= 11 is 0. The Labute approximate surface area is 223 Å². The number of aliphatic hydroxyl groups excluding tert-OH is 2. The van der Waals surface area contributed by atoms with Crippen molar-refractivity contribution in [1.82, 2.24) is 9.97 Å². The van der Waals surface area contributed by atoms with E-state index in [-0.39, 0.29) is 19.0 Å². The summed E-state index contributed by atoms with van der Waals surface area (Å²) in [5.41, 5.74) is 1.18. The van der Waals surface area contributed by atoms with Crippen LogP contribution in [0.1, 0.15) is 61.7 Å². The minimum Gasteiger partial charge on any atom is -0.494 e. The highest BCUT2D eigenvalue weighted by molar-refractivity contribution is 5.91. The molecule has 2 N–H and O–H groups in total. The van der Waals surface area contributed by atoms with E-state index in [1.165, 1.54) is 12.4 Å². The zero-order valence-electron chi connectivity index (χ0n) is 21.6. The van der Waals surface area contributed by atoms with Crippen LogP contribution in [0, 0.1) is 0 Å². The van der Waals surface area contributed by atoms with Crippen molar-refractivity contribution in [2.45, 2.75) is 51.4 Å². The number of carbonyl (C=O) groups is 1. The summed E-state index contributed by atoms with van der Waals surface area (Å²) in [5.74, 6) is 1.48. The molecule has 0 amide bonds. The Morgan fingerprint density at radius 2 is 1.24 bits per heavy atom. The van der Waals surface area contributed by atoms with Crippen LogP contribution in [-0.2, 0) is 4.89 Å². The monoisotopic (exact) mass is 524 g/mol. The Kier molecular flexibility index (Phi) is 13.0. The molecule has 9 nitrogen and oxygen atoms in total. The van der Waals surface area contributed by atoms with Gasteiger partial charge in [-0.1, -0.05) is 19.3 Å². The van der Waals surface area contributed by atoms with Crippen molar-refractivity contribution in [2.24, 2.45) is 0 Å². The SMILES string of the molecule is O=C(Oc1cnc(-c2ccc(OOCCCCCCO)cc2)nc1)c1ccc(OCCCCCCO)cc1. The molecule has 38 heavy (non-hydrogen) atoms. The van der Waals surface area contributed by atoms with Gasteiger partial charge < -0.3 is 24.6 Å². The average molecular weight is 525 g/mol. The second-order valence-electron chi connectivity index (χ2n) is 8.71. The van der Waals surface area contributed by atoms with Crippen LogP contribution >= 0.6 is 0 Å². The first-order valence-electron chi connectivity index (χ1n) is 13.1. The van der Waals surface area contributed by atoms with Gasteiger partial charge in [0, 0.05) is 18.8 Å². The van der Waals surface area contributed by atoms with Crippen LogP contribution in [0.4, 0.5) is 0 Å². The molecular formula is C29H36N2O7. The first-order chi connectivity index (χ1) is 18.7. The maximum atomic E-state index is 12.5. The largest absolute Gasteiger partial charge is 0.494 e. The third-order valence-corrected chi connectivity index (χ3v) is 5.65. The molecule has 0 saturated carbocycles. The fourth-order valence-corrected chi connectivity index (χ4v) is 3.52. The van der Waals surface area contributed by atoms with Gasteiger partial charge in [-0.3, -0.25) is 0 Å². The lowest BCUT2D eigenvalue weighted by Gasteiger charge is -2.08. The van der Waals surface area contributed by atoms with E-state index in [1.54, 1.807) is 36.4 Å². The first kappa shape index (κ1) is 29.0. The highest BCUT2D eigenvalue weighted by Gasteiger charge is 2.11. The fraction of sp³-hybridized carbons (Fsp3) is 0.414. The summed E-state index contributed by atoms with van der Waals surface area (Å²) in [6.45, 7) is 1.53. The molecule has 9 heteroatoms. The van der Waals surface area contributed by atoms with Crippen LogP contribution in [0.2, 0.25) is 0 Å². The molecule has 1 aromatic heterocycles. The standard InChI is InChI=1S/C29H36N2O7/c32-17-5-1-3-7-19-35-25-13-11-24(12-14-25)29(34)37-27-21-30-28(31-22-27)23-9-15-26(16-10-23)38-36-20-8-4-2-6-18-33/h9-16,21-22,32-33H,1-8,17-20H2. The molecule has 0 aliphatic carbocycles. The molecule has 0 fully saturated rings. The Balaban J connectivity index is 1.41. The number of hydrogen-bond acceptors (Lipinski definition) is 9. The lowest BCUT2D eigenvalue weighted by molar-refractivity contribution is -0.207. The van der Waals surface area contributed by atoms with E-state index >= 15 is 0 Å². The van der Waals surface area contributed by atoms with Crippen molar-refractivity contribution in [1.29, 1.82) is 0 Å². The molecule has 0 unspecified atom stereocenters. The molecule has 0 bridgehead atoms. The number of nitrogens with zero attached hydrogens (tertiary/aromatic N) is 2. The van der Waals surface area contributed by atoms with E-state index in [1.807, 2.05) is 12.1 Å². The van der Waals surface area contributed by atoms with Crippen LogP contribution < -0.4 is 14.4 Å². The molecule has 0 spiro atoms. The van der Waals surface area contributed by atoms with Crippen molar-refractivity contribution in [3.63, 3.8) is 0 Å². The Bertz CT molecular complexity index is 1060. The Morgan fingerprint density at radius 3 is 1.87 bits per heavy atom. The highest BCUT2D eigenvalue weighted by Crippen LogP contribution is 2.21. The van der Waals surface area contributed by atoms with Gasteiger partial charge in [0.05, 0.1) is 31.2 Å². The number of unbranched alkanes of at least 4 members (excludes halogenated alkanes) is 6. The van der Waals surface area contributed by atoms with Gasteiger partial charge >= 0.3 is 5.97 Å². The van der Waals surface area contributed by atoms with Gasteiger partial charge in [0.25, 0.3) is 0 Å². The second kappa shape index (κ2) is 17.1. The zero-order valence-corrected chi connectivity index (χ0v) is 21.6. The summed E-state index contributed by atoms with van der Waals surface area (Å²) < 4.78 is 11.1. The smallest absolute Gasteiger partial charge is 0.343 e. The Hall–Kier alpha value is -3.53. The molecule has 3 rings (SSSR count). The minimum atomic E-state index is -0.508. The molecular weight excluding hydrogens is 488 g/mol. The summed E-state index contributed by atoms with van der Waals surface area (Å²) in [6, 6.07) is 14.0. The van der Waals surface area contributed by atoms with Crippen molar-refractivity contribution in [3.05, 3.63) is 66.5 Å². The van der Waals surface area contributed by atoms with E-state index in [9.17, 15) is 4.79 Å². The van der Waals surface area contributed by atoms with Crippen molar-refractivity contribution < 1.29 is 34.3 Å². The van der Waals surface area contributed by atoms with Gasteiger partial charge in [0.1, 0.15) is 5.75 Å². The molecule has 3 aromatic rings. The Morgan fingerprint density at radius 1 is 0.658 bits per heavy atom. The van der Waals surface area contributed by atoms with Gasteiger partial charge in [-0.15, -0.1) is 0 Å². The first-order valence-corrected chi connectivity index (χ1v) is 13.1. The number of esters is 1. The van der Waals surface area contributed by atoms with E-state index in [4.69, 9.17) is 29.5 Å². The lowest BCUT2D eigenvalue weighted by atomic mass is 10.2. The molecule has 204 valence electrons. The molecule has 0 atom stereocenters. The third kappa shape index (κ3) is 10.5. The summed E-state index contributed by atoms with van der Waals surface area (Å²) in [6.07, 6.45) is 10.3. The van der Waals surface area contributed by atoms with Gasteiger partial charge in [0.2, 0.25) is 0 Å². The maximum Gasteiger partial charge on any atom is 0.343 e. The van der Waals surface area contributed by atoms with Crippen LogP contribution in [0.25, 0.3) is 11.4 Å². The number of benzene rings is 2. The van der Waals surface area contributed by atoms with Gasteiger partial charge in [-0.2, -0.15) is 4.89 Å². The number of aliphatic hydroxyl groups is 2. The topological polar surface area (TPSA) is 120 Å². The number of ether oxygens (including phenoxy) is 2. The van der Waals surface area contributed by atoms with Gasteiger partial charge in [0.15, 0.2) is 17.3 Å². The molecule has 0 radical (unpaired) electrons. The van der Waals surface area contributed by atoms with Gasteiger partial charge in [-0.05, 0) is 80.6 Å². The predicted molar refractivity (Wildman–Crippen MR) is 142 cm³/mol. The summed E-state index contributed by atoms with van der Waals surface area (Å²) in [7, 11) is 0. The van der Waals surface area contributed by atoms with Crippen LogP contribution in [0.5, 0.6) is 17.2 Å². The van der Waals surface area contributed by atoms with Crippen LogP contribution in [-0.4, -0.2) is 52.6 Å². The van der Waals surface area contributed by atoms with Crippen LogP contribution in [0.3, 0.4) is 0 Å². The minimum absolute atomic E-state index is 0.223. The average Bonchev–Trinajstić information content (AvgIpc) is 2.95. The van der Waals surface area contributed by atoms with E-state index in [0.717, 1.165) is 56.9 Å². The number of rotatable bonds is 18. The highest BCUT2D eigenvalue weighted by atomic mass is 17.2. The quantitative estimate of drug-likeness (QED) is 0.101. The lowest BCUT2D eigenvalue weighted by Crippen LogP contribution is -2.09. The third-order valence-electron chi connectivity index (χ3n) is 5.65. The van der Waals surface area contributed by atoms with Crippen molar-refractivity contribution >= 4 is 5.97 Å². The number of hydrogen-bond donors (Lipinski definition) is 2. The molecule has 0 aliphatic heterocycles. The van der Waals surface area contributed by atoms with Crippen molar-refractivity contribution in [3.8, 4) is 28.6 Å². The summed E-state index contributed by atoms with van der Waals surface area (Å²) in [4.78, 5) is 31.6. The van der Waals surface area contributed by atoms with Gasteiger partial charge in [-0.25, -0.2) is 14.8 Å². The number of aromatic nitrogens is 2. The van der Waals surface area contributed by atoms with Crippen LogP contribution in [0.15, 0.2) is 60.9 Å². The van der Waals surface area contributed by atoms with Crippen molar-refractivity contribution in [2.75, 3.05) is 26.4 Å². The zero-order chi connectivity index (χ0) is 26.8.